The zero-order valence-electron chi connectivity index (χ0n) is 10.4. The van der Waals surface area contributed by atoms with Crippen molar-refractivity contribution in [3.63, 3.8) is 0 Å². The largest absolute Gasteiger partial charge is 0.390 e. The van der Waals surface area contributed by atoms with Crippen LogP contribution in [0.4, 0.5) is 13.2 Å². The summed E-state index contributed by atoms with van der Waals surface area (Å²) in [6.45, 7) is 1.15. The van der Waals surface area contributed by atoms with Crippen molar-refractivity contribution in [2.75, 3.05) is 0 Å². The lowest BCUT2D eigenvalue weighted by Crippen LogP contribution is -2.35. The molecular weight excluding hydrogens is 313 g/mol. The quantitative estimate of drug-likeness (QED) is 0.811. The number of benzene rings is 1. The van der Waals surface area contributed by atoms with Crippen LogP contribution in [0.1, 0.15) is 18.9 Å². The van der Waals surface area contributed by atoms with Gasteiger partial charge in [-0.15, -0.1) is 0 Å². The smallest absolute Gasteiger partial charge is 0.389 e. The van der Waals surface area contributed by atoms with Gasteiger partial charge < -0.3 is 5.73 Å². The van der Waals surface area contributed by atoms with Crippen LogP contribution in [0, 0.1) is 0 Å². The molecule has 0 bridgehead atoms. The van der Waals surface area contributed by atoms with Crippen LogP contribution in [0.3, 0.4) is 0 Å². The van der Waals surface area contributed by atoms with E-state index in [4.69, 9.17) is 18.0 Å². The number of nitrogens with one attached hydrogen (secondary N) is 1. The Hall–Kier alpha value is -1.19. The van der Waals surface area contributed by atoms with E-state index in [1.807, 2.05) is 4.72 Å². The van der Waals surface area contributed by atoms with Crippen LogP contribution in [0.25, 0.3) is 0 Å². The van der Waals surface area contributed by atoms with Gasteiger partial charge >= 0.3 is 6.18 Å². The van der Waals surface area contributed by atoms with E-state index in [9.17, 15) is 21.6 Å². The highest BCUT2D eigenvalue weighted by atomic mass is 32.2. The number of halogens is 3. The first kappa shape index (κ1) is 16.9. The van der Waals surface area contributed by atoms with Gasteiger partial charge in [-0.25, -0.2) is 13.1 Å². The van der Waals surface area contributed by atoms with Crippen molar-refractivity contribution in [1.29, 1.82) is 0 Å². The van der Waals surface area contributed by atoms with Crippen LogP contribution in [-0.2, 0) is 10.0 Å². The molecule has 4 nitrogen and oxygen atoms in total. The molecule has 0 aromatic heterocycles. The van der Waals surface area contributed by atoms with Gasteiger partial charge in [-0.3, -0.25) is 0 Å². The number of alkyl halides is 3. The molecule has 9 heteroatoms. The van der Waals surface area contributed by atoms with E-state index in [1.54, 1.807) is 0 Å². The summed E-state index contributed by atoms with van der Waals surface area (Å²) in [5.74, 6) is 0. The Bertz CT molecular complexity index is 583. The van der Waals surface area contributed by atoms with E-state index < -0.39 is 28.7 Å². The Morgan fingerprint density at radius 2 is 1.85 bits per heavy atom. The fourth-order valence-electron chi connectivity index (χ4n) is 1.52. The molecule has 3 N–H and O–H groups in total. The molecule has 0 saturated heterocycles. The minimum absolute atomic E-state index is 0.104. The average molecular weight is 326 g/mol. The predicted octanol–water partition coefficient (Wildman–Crippen LogP) is 1.94. The minimum Gasteiger partial charge on any atom is -0.389 e. The summed E-state index contributed by atoms with van der Waals surface area (Å²) in [4.78, 5) is -0.0427. The normalized spacial score (nSPS) is 14.0. The first-order chi connectivity index (χ1) is 9.01. The van der Waals surface area contributed by atoms with Gasteiger partial charge in [0.05, 0.1) is 11.3 Å². The number of hydrogen-bond acceptors (Lipinski definition) is 3. The maximum Gasteiger partial charge on any atom is 0.390 e. The summed E-state index contributed by atoms with van der Waals surface area (Å²) < 4.78 is 62.2. The second-order valence-corrected chi connectivity index (χ2v) is 6.38. The summed E-state index contributed by atoms with van der Waals surface area (Å²) in [7, 11) is -4.01. The maximum absolute atomic E-state index is 12.2. The minimum atomic E-state index is -4.43. The molecule has 1 atom stereocenters. The topological polar surface area (TPSA) is 72.2 Å². The molecule has 0 amide bonds. The van der Waals surface area contributed by atoms with E-state index >= 15 is 0 Å². The fraction of sp³-hybridized carbons (Fsp3) is 0.364. The fourth-order valence-corrected chi connectivity index (χ4v) is 2.90. The van der Waals surface area contributed by atoms with Crippen LogP contribution in [0.15, 0.2) is 29.2 Å². The Kier molecular flexibility index (Phi) is 5.11. The summed E-state index contributed by atoms with van der Waals surface area (Å²) in [6.07, 6.45) is -5.67. The molecule has 0 aliphatic heterocycles. The van der Waals surface area contributed by atoms with Gasteiger partial charge in [-0.1, -0.05) is 24.4 Å². The van der Waals surface area contributed by atoms with Gasteiger partial charge in [0, 0.05) is 11.6 Å². The Balaban J connectivity index is 2.86. The van der Waals surface area contributed by atoms with E-state index in [2.05, 4.69) is 0 Å². The summed E-state index contributed by atoms with van der Waals surface area (Å²) >= 11 is 4.72. The molecule has 0 aliphatic carbocycles. The Morgan fingerprint density at radius 1 is 1.35 bits per heavy atom. The standard InChI is InChI=1S/C11H13F3N2O2S2/c1-7(6-11(12,13)14)16-20(17,18)9-4-2-8(3-5-9)10(15)19/h2-5,7,16H,6H2,1H3,(H2,15,19). The highest BCUT2D eigenvalue weighted by Crippen LogP contribution is 2.22. The van der Waals surface area contributed by atoms with Crippen molar-refractivity contribution in [1.82, 2.24) is 4.72 Å². The molecule has 1 aromatic carbocycles. The van der Waals surface area contributed by atoms with E-state index in [1.165, 1.54) is 24.3 Å². The van der Waals surface area contributed by atoms with E-state index in [0.717, 1.165) is 6.92 Å². The van der Waals surface area contributed by atoms with E-state index in [0.29, 0.717) is 5.56 Å². The monoisotopic (exact) mass is 326 g/mol. The van der Waals surface area contributed by atoms with Gasteiger partial charge in [0.1, 0.15) is 4.99 Å². The molecule has 0 saturated carbocycles. The number of thiocarbonyl (C=S) groups is 1. The summed E-state index contributed by atoms with van der Waals surface area (Å²) in [5, 5.41) is 0. The first-order valence-corrected chi connectivity index (χ1v) is 7.39. The Morgan fingerprint density at radius 3 is 2.25 bits per heavy atom. The van der Waals surface area contributed by atoms with Gasteiger partial charge in [0.25, 0.3) is 0 Å². The third-order valence-electron chi connectivity index (χ3n) is 2.34. The SMILES string of the molecule is CC(CC(F)(F)F)NS(=O)(=O)c1ccc(C(N)=S)cc1. The van der Waals surface area contributed by atoms with Crippen LogP contribution >= 0.6 is 12.2 Å². The summed E-state index contributed by atoms with van der Waals surface area (Å²) in [5.41, 5.74) is 5.84. The van der Waals surface area contributed by atoms with Crippen LogP contribution in [0.5, 0.6) is 0 Å². The van der Waals surface area contributed by atoms with Crippen molar-refractivity contribution < 1.29 is 21.6 Å². The van der Waals surface area contributed by atoms with Gasteiger partial charge in [-0.2, -0.15) is 13.2 Å². The molecule has 0 spiro atoms. The van der Waals surface area contributed by atoms with E-state index in [-0.39, 0.29) is 9.88 Å². The lowest BCUT2D eigenvalue weighted by Gasteiger charge is -2.16. The second-order valence-electron chi connectivity index (χ2n) is 4.23. The lowest BCUT2D eigenvalue weighted by molar-refractivity contribution is -0.137. The van der Waals surface area contributed by atoms with Gasteiger partial charge in [0.2, 0.25) is 10.0 Å². The third kappa shape index (κ3) is 5.06. The third-order valence-corrected chi connectivity index (χ3v) is 4.18. The number of sulfonamides is 1. The van der Waals surface area contributed by atoms with Crippen molar-refractivity contribution in [3.05, 3.63) is 29.8 Å². The van der Waals surface area contributed by atoms with Crippen molar-refractivity contribution >= 4 is 27.2 Å². The zero-order valence-corrected chi connectivity index (χ0v) is 12.1. The van der Waals surface area contributed by atoms with Gasteiger partial charge in [-0.05, 0) is 19.1 Å². The lowest BCUT2D eigenvalue weighted by atomic mass is 10.2. The first-order valence-electron chi connectivity index (χ1n) is 5.50. The molecule has 112 valence electrons. The van der Waals surface area contributed by atoms with Gasteiger partial charge in [0.15, 0.2) is 0 Å². The zero-order chi connectivity index (χ0) is 15.6. The summed E-state index contributed by atoms with van der Waals surface area (Å²) in [6, 6.07) is 4.00. The molecule has 0 fully saturated rings. The maximum atomic E-state index is 12.2. The second kappa shape index (κ2) is 6.06. The number of nitrogens with two attached hydrogens (primary N) is 1. The van der Waals surface area contributed by atoms with Crippen molar-refractivity contribution in [2.45, 2.75) is 30.5 Å². The van der Waals surface area contributed by atoms with Crippen LogP contribution in [-0.4, -0.2) is 25.6 Å². The number of hydrogen-bond donors (Lipinski definition) is 2. The highest BCUT2D eigenvalue weighted by Gasteiger charge is 2.31. The van der Waals surface area contributed by atoms with Crippen LogP contribution < -0.4 is 10.5 Å². The number of rotatable bonds is 5. The predicted molar refractivity (Wildman–Crippen MR) is 72.8 cm³/mol. The molecule has 1 unspecified atom stereocenters. The molecule has 0 heterocycles. The molecule has 0 aliphatic rings. The molecule has 1 rings (SSSR count). The van der Waals surface area contributed by atoms with Crippen LogP contribution in [0.2, 0.25) is 0 Å². The Labute approximate surface area is 120 Å². The molecular formula is C11H13F3N2O2S2. The molecule has 1 aromatic rings. The van der Waals surface area contributed by atoms with Crippen molar-refractivity contribution in [3.8, 4) is 0 Å². The van der Waals surface area contributed by atoms with Crippen molar-refractivity contribution in [2.24, 2.45) is 5.73 Å². The molecule has 0 radical (unpaired) electrons. The molecule has 20 heavy (non-hydrogen) atoms. The highest BCUT2D eigenvalue weighted by molar-refractivity contribution is 7.89. The average Bonchev–Trinajstić information content (AvgIpc) is 2.25.